The Balaban J connectivity index is 2.03. The predicted octanol–water partition coefficient (Wildman–Crippen LogP) is 0.802. The first-order chi connectivity index (χ1) is 7.62. The van der Waals surface area contributed by atoms with E-state index in [4.69, 9.17) is 0 Å². The fourth-order valence-corrected chi connectivity index (χ4v) is 1.96. The number of nitrogens with zero attached hydrogens (tertiary/aromatic N) is 2. The van der Waals surface area contributed by atoms with E-state index in [1.165, 1.54) is 6.92 Å². The molecule has 1 radical (unpaired) electrons. The average Bonchev–Trinajstić information content (AvgIpc) is 2.31. The Morgan fingerprint density at radius 1 is 1.56 bits per heavy atom. The molecular weight excluding hydrogens is 204 g/mol. The highest BCUT2D eigenvalue weighted by Crippen LogP contribution is 2.25. The normalized spacial score (nSPS) is 19.5. The summed E-state index contributed by atoms with van der Waals surface area (Å²) >= 11 is 0. The Kier molecular flexibility index (Phi) is 2.92. The minimum absolute atomic E-state index is 0.137. The van der Waals surface area contributed by atoms with Crippen LogP contribution in [0, 0.1) is 6.07 Å². The quantitative estimate of drug-likeness (QED) is 0.799. The Bertz CT molecular complexity index is 370. The zero-order valence-electron chi connectivity index (χ0n) is 9.31. The maximum absolute atomic E-state index is 11.3. The highest BCUT2D eigenvalue weighted by atomic mass is 16.3. The molecule has 1 aliphatic heterocycles. The second-order valence-electron chi connectivity index (χ2n) is 4.19. The number of anilines is 1. The average molecular weight is 219 g/mol. The van der Waals surface area contributed by atoms with Gasteiger partial charge in [0.25, 0.3) is 0 Å². The summed E-state index contributed by atoms with van der Waals surface area (Å²) in [6.45, 7) is 2.77. The number of hydrogen-bond donors (Lipinski definition) is 1. The lowest BCUT2D eigenvalue weighted by Gasteiger charge is -2.37. The number of carbonyl (C=O) groups is 1. The van der Waals surface area contributed by atoms with Gasteiger partial charge in [-0.15, -0.1) is 0 Å². The number of Topliss-reactive ketones (excluding diaryl/α,β-unsaturated/α-hetero) is 1. The molecule has 0 amide bonds. The number of pyridine rings is 1. The number of aromatic nitrogens is 1. The molecule has 0 bridgehead atoms. The van der Waals surface area contributed by atoms with Gasteiger partial charge in [-0.2, -0.15) is 0 Å². The van der Waals surface area contributed by atoms with Crippen LogP contribution in [0.2, 0.25) is 0 Å². The molecule has 0 atom stereocenters. The van der Waals surface area contributed by atoms with Gasteiger partial charge in [-0.1, -0.05) is 0 Å². The van der Waals surface area contributed by atoms with Gasteiger partial charge in [0.1, 0.15) is 11.4 Å². The first-order valence-corrected chi connectivity index (χ1v) is 5.42. The van der Waals surface area contributed by atoms with E-state index in [-0.39, 0.29) is 5.78 Å². The molecule has 1 N–H and O–H groups in total. The SMILES string of the molecule is CC(=O)C1(O)CCN(c2cc[c]cn2)CC1. The minimum atomic E-state index is -1.13. The maximum atomic E-state index is 11.3. The molecule has 0 unspecified atom stereocenters. The van der Waals surface area contributed by atoms with Gasteiger partial charge in [-0.3, -0.25) is 4.79 Å². The van der Waals surface area contributed by atoms with Crippen LogP contribution >= 0.6 is 0 Å². The second-order valence-corrected chi connectivity index (χ2v) is 4.19. The van der Waals surface area contributed by atoms with Crippen molar-refractivity contribution in [2.75, 3.05) is 18.0 Å². The summed E-state index contributed by atoms with van der Waals surface area (Å²) < 4.78 is 0. The molecule has 2 rings (SSSR count). The molecule has 1 aromatic heterocycles. The Labute approximate surface area is 94.9 Å². The highest BCUT2D eigenvalue weighted by Gasteiger charge is 2.36. The van der Waals surface area contributed by atoms with Crippen molar-refractivity contribution in [3.63, 3.8) is 0 Å². The molecule has 1 fully saturated rings. The van der Waals surface area contributed by atoms with Crippen LogP contribution in [-0.4, -0.2) is 34.6 Å². The number of rotatable bonds is 2. The summed E-state index contributed by atoms with van der Waals surface area (Å²) in [5.41, 5.74) is -1.13. The molecular formula is C12H15N2O2. The fourth-order valence-electron chi connectivity index (χ4n) is 1.96. The molecule has 0 spiro atoms. The van der Waals surface area contributed by atoms with E-state index >= 15 is 0 Å². The topological polar surface area (TPSA) is 53.4 Å². The standard InChI is InChI=1S/C12H15N2O2/c1-10(15)12(16)5-8-14(9-6-12)11-4-2-3-7-13-11/h2,4,7,16H,5-6,8-9H2,1H3. The van der Waals surface area contributed by atoms with E-state index in [0.29, 0.717) is 25.9 Å². The van der Waals surface area contributed by atoms with Crippen molar-refractivity contribution >= 4 is 11.6 Å². The van der Waals surface area contributed by atoms with Crippen molar-refractivity contribution in [1.82, 2.24) is 4.98 Å². The van der Waals surface area contributed by atoms with Crippen molar-refractivity contribution < 1.29 is 9.90 Å². The van der Waals surface area contributed by atoms with Gasteiger partial charge in [0.15, 0.2) is 5.78 Å². The van der Waals surface area contributed by atoms with Gasteiger partial charge in [0.2, 0.25) is 0 Å². The zero-order chi connectivity index (χ0) is 11.6. The zero-order valence-corrected chi connectivity index (χ0v) is 9.31. The smallest absolute Gasteiger partial charge is 0.161 e. The van der Waals surface area contributed by atoms with Crippen LogP contribution in [0.3, 0.4) is 0 Å². The van der Waals surface area contributed by atoms with Gasteiger partial charge in [0, 0.05) is 38.2 Å². The minimum Gasteiger partial charge on any atom is -0.382 e. The summed E-state index contributed by atoms with van der Waals surface area (Å²) in [5.74, 6) is 0.742. The summed E-state index contributed by atoms with van der Waals surface area (Å²) in [7, 11) is 0. The lowest BCUT2D eigenvalue weighted by molar-refractivity contribution is -0.137. The summed E-state index contributed by atoms with van der Waals surface area (Å²) in [4.78, 5) is 17.5. The molecule has 0 saturated carbocycles. The molecule has 1 aromatic rings. The van der Waals surface area contributed by atoms with E-state index in [0.717, 1.165) is 5.82 Å². The largest absolute Gasteiger partial charge is 0.382 e. The third-order valence-electron chi connectivity index (χ3n) is 3.17. The third kappa shape index (κ3) is 2.07. The number of hydrogen-bond acceptors (Lipinski definition) is 4. The summed E-state index contributed by atoms with van der Waals surface area (Å²) in [5, 5.41) is 10.0. The number of piperidine rings is 1. The number of carbonyl (C=O) groups excluding carboxylic acids is 1. The monoisotopic (exact) mass is 219 g/mol. The third-order valence-corrected chi connectivity index (χ3v) is 3.17. The lowest BCUT2D eigenvalue weighted by atomic mass is 9.88. The van der Waals surface area contributed by atoms with Gasteiger partial charge in [0.05, 0.1) is 0 Å². The van der Waals surface area contributed by atoms with Crippen molar-refractivity contribution in [2.24, 2.45) is 0 Å². The van der Waals surface area contributed by atoms with E-state index < -0.39 is 5.60 Å². The number of aliphatic hydroxyl groups is 1. The van der Waals surface area contributed by atoms with Gasteiger partial charge < -0.3 is 10.0 Å². The second kappa shape index (κ2) is 4.22. The Hall–Kier alpha value is -1.42. The van der Waals surface area contributed by atoms with Crippen molar-refractivity contribution in [3.05, 3.63) is 24.4 Å². The van der Waals surface area contributed by atoms with E-state index in [2.05, 4.69) is 16.0 Å². The van der Waals surface area contributed by atoms with E-state index in [1.807, 2.05) is 12.1 Å². The maximum Gasteiger partial charge on any atom is 0.161 e. The fraction of sp³-hybridized carbons (Fsp3) is 0.500. The summed E-state index contributed by atoms with van der Waals surface area (Å²) in [6, 6.07) is 6.57. The first-order valence-electron chi connectivity index (χ1n) is 5.42. The number of ketones is 1. The molecule has 1 saturated heterocycles. The molecule has 4 heteroatoms. The Morgan fingerprint density at radius 3 is 2.75 bits per heavy atom. The van der Waals surface area contributed by atoms with Crippen LogP contribution in [-0.2, 0) is 4.79 Å². The van der Waals surface area contributed by atoms with Crippen molar-refractivity contribution in [3.8, 4) is 0 Å². The first kappa shape index (κ1) is 11.1. The molecule has 1 aliphatic rings. The van der Waals surface area contributed by atoms with Crippen LogP contribution in [0.25, 0.3) is 0 Å². The Morgan fingerprint density at radius 2 is 2.25 bits per heavy atom. The predicted molar refractivity (Wildman–Crippen MR) is 60.2 cm³/mol. The van der Waals surface area contributed by atoms with Crippen molar-refractivity contribution in [2.45, 2.75) is 25.4 Å². The van der Waals surface area contributed by atoms with Crippen LogP contribution in [0.15, 0.2) is 18.3 Å². The van der Waals surface area contributed by atoms with Crippen LogP contribution in [0.4, 0.5) is 5.82 Å². The molecule has 2 heterocycles. The molecule has 16 heavy (non-hydrogen) atoms. The van der Waals surface area contributed by atoms with Gasteiger partial charge in [-0.05, 0) is 19.1 Å². The highest BCUT2D eigenvalue weighted by molar-refractivity contribution is 5.84. The van der Waals surface area contributed by atoms with Crippen molar-refractivity contribution in [1.29, 1.82) is 0 Å². The van der Waals surface area contributed by atoms with Crippen LogP contribution in [0.1, 0.15) is 19.8 Å². The van der Waals surface area contributed by atoms with E-state index in [1.54, 1.807) is 6.20 Å². The van der Waals surface area contributed by atoms with Crippen LogP contribution < -0.4 is 4.90 Å². The lowest BCUT2D eigenvalue weighted by Crippen LogP contribution is -2.48. The molecule has 0 aromatic carbocycles. The molecule has 85 valence electrons. The van der Waals surface area contributed by atoms with Gasteiger partial charge in [-0.25, -0.2) is 4.98 Å². The van der Waals surface area contributed by atoms with Gasteiger partial charge >= 0.3 is 0 Å². The molecule has 4 nitrogen and oxygen atoms in total. The molecule has 0 aliphatic carbocycles. The van der Waals surface area contributed by atoms with Crippen LogP contribution in [0.5, 0.6) is 0 Å². The summed E-state index contributed by atoms with van der Waals surface area (Å²) in [6.07, 6.45) is 2.58. The van der Waals surface area contributed by atoms with E-state index in [9.17, 15) is 9.90 Å².